The van der Waals surface area contributed by atoms with Crippen molar-refractivity contribution in [1.29, 1.82) is 0 Å². The van der Waals surface area contributed by atoms with Crippen molar-refractivity contribution in [1.82, 2.24) is 5.32 Å². The molecular formula is C49H83NO5. The molecule has 55 heavy (non-hydrogen) atoms. The highest BCUT2D eigenvalue weighted by molar-refractivity contribution is 5.77. The van der Waals surface area contributed by atoms with E-state index in [0.29, 0.717) is 19.3 Å². The number of unbranched alkanes of at least 4 members (excludes halogenated alkanes) is 17. The number of aliphatic hydroxyl groups is 2. The molecule has 0 spiro atoms. The summed E-state index contributed by atoms with van der Waals surface area (Å²) in [6.07, 6.45) is 53.6. The Morgan fingerprint density at radius 3 is 1.60 bits per heavy atom. The summed E-state index contributed by atoms with van der Waals surface area (Å²) >= 11 is 0. The SMILES string of the molecule is CC\C=C/C=C/C=C/C=C\C=C\C=C\CCCC(CC(=O)NC(CO)C(O)CCCCCCCCCCC)OC(=O)CCCCCCC/C=C\CCCCC. The Morgan fingerprint density at radius 2 is 1.02 bits per heavy atom. The van der Waals surface area contributed by atoms with E-state index in [4.69, 9.17) is 4.74 Å². The van der Waals surface area contributed by atoms with Crippen molar-refractivity contribution < 1.29 is 24.5 Å². The zero-order valence-corrected chi connectivity index (χ0v) is 35.5. The lowest BCUT2D eigenvalue weighted by Crippen LogP contribution is -2.46. The van der Waals surface area contributed by atoms with Crippen LogP contribution in [0.15, 0.2) is 85.1 Å². The number of nitrogens with one attached hydrogen (secondary N) is 1. The molecular weight excluding hydrogens is 683 g/mol. The first kappa shape index (κ1) is 52.0. The van der Waals surface area contributed by atoms with Gasteiger partial charge in [-0.05, 0) is 64.2 Å². The Labute approximate surface area is 338 Å². The van der Waals surface area contributed by atoms with Crippen molar-refractivity contribution in [3.8, 4) is 0 Å². The number of aliphatic hydroxyl groups excluding tert-OH is 2. The van der Waals surface area contributed by atoms with Crippen LogP contribution in [0.1, 0.15) is 188 Å². The number of hydrogen-bond acceptors (Lipinski definition) is 5. The van der Waals surface area contributed by atoms with Crippen LogP contribution in [-0.4, -0.2) is 46.9 Å². The van der Waals surface area contributed by atoms with Gasteiger partial charge in [-0.25, -0.2) is 0 Å². The average Bonchev–Trinajstić information content (AvgIpc) is 3.18. The van der Waals surface area contributed by atoms with Gasteiger partial charge >= 0.3 is 5.97 Å². The maximum Gasteiger partial charge on any atom is 0.306 e. The number of carbonyl (C=O) groups excluding carboxylic acids is 2. The summed E-state index contributed by atoms with van der Waals surface area (Å²) in [5.74, 6) is -0.571. The number of amides is 1. The van der Waals surface area contributed by atoms with Crippen LogP contribution in [0.25, 0.3) is 0 Å². The van der Waals surface area contributed by atoms with Gasteiger partial charge in [-0.2, -0.15) is 0 Å². The molecule has 0 aliphatic rings. The molecule has 0 bridgehead atoms. The number of hydrogen-bond donors (Lipinski definition) is 3. The van der Waals surface area contributed by atoms with Crippen LogP contribution >= 0.6 is 0 Å². The molecule has 314 valence electrons. The molecule has 0 aromatic carbocycles. The molecule has 0 aromatic heterocycles. The van der Waals surface area contributed by atoms with E-state index in [2.05, 4.69) is 50.4 Å². The van der Waals surface area contributed by atoms with Crippen LogP contribution in [-0.2, 0) is 14.3 Å². The Bertz CT molecular complexity index is 1080. The number of rotatable bonds is 38. The van der Waals surface area contributed by atoms with Crippen LogP contribution in [0, 0.1) is 0 Å². The molecule has 3 atom stereocenters. The zero-order valence-electron chi connectivity index (χ0n) is 35.5. The number of allylic oxidation sites excluding steroid dienone is 14. The summed E-state index contributed by atoms with van der Waals surface area (Å²) in [5, 5.41) is 23.5. The molecule has 3 unspecified atom stereocenters. The van der Waals surface area contributed by atoms with E-state index >= 15 is 0 Å². The lowest BCUT2D eigenvalue weighted by molar-refractivity contribution is -0.151. The molecule has 6 nitrogen and oxygen atoms in total. The van der Waals surface area contributed by atoms with Gasteiger partial charge in [0.25, 0.3) is 0 Å². The standard InChI is InChI=1S/C49H83NO5/c1-4-7-10-13-16-19-21-23-24-25-26-29-31-34-37-40-45(55-49(54)42-39-36-33-30-27-22-20-17-14-11-8-5-2)43-48(53)50-46(44-51)47(52)41-38-35-32-28-18-15-12-9-6-3/h7,10,13,16-17,19-21,23-26,29,31,45-47,51-52H,4-6,8-9,11-12,14-15,18,22,27-28,30,32-44H2,1-3H3,(H,50,53)/b10-7-,16-13+,20-17-,21-19+,24-23-,26-25+,31-29+. The highest BCUT2D eigenvalue weighted by atomic mass is 16.5. The monoisotopic (exact) mass is 766 g/mol. The van der Waals surface area contributed by atoms with Crippen LogP contribution in [0.4, 0.5) is 0 Å². The van der Waals surface area contributed by atoms with Crippen LogP contribution in [0.2, 0.25) is 0 Å². The van der Waals surface area contributed by atoms with E-state index in [1.807, 2.05) is 60.8 Å². The van der Waals surface area contributed by atoms with Gasteiger partial charge in [-0.1, -0.05) is 196 Å². The molecule has 0 rings (SSSR count). The lowest BCUT2D eigenvalue weighted by Gasteiger charge is -2.24. The van der Waals surface area contributed by atoms with Gasteiger partial charge in [0.05, 0.1) is 25.2 Å². The van der Waals surface area contributed by atoms with Crippen molar-refractivity contribution in [2.24, 2.45) is 0 Å². The molecule has 0 aliphatic heterocycles. The van der Waals surface area contributed by atoms with E-state index < -0.39 is 18.2 Å². The first-order valence-electron chi connectivity index (χ1n) is 22.4. The number of esters is 1. The molecule has 6 heteroatoms. The summed E-state index contributed by atoms with van der Waals surface area (Å²) in [7, 11) is 0. The van der Waals surface area contributed by atoms with Crippen molar-refractivity contribution >= 4 is 11.9 Å². The molecule has 0 aliphatic carbocycles. The van der Waals surface area contributed by atoms with Gasteiger partial charge in [-0.15, -0.1) is 0 Å². The normalized spacial score (nSPS) is 14.2. The summed E-state index contributed by atoms with van der Waals surface area (Å²) in [6, 6.07) is -0.729. The van der Waals surface area contributed by atoms with E-state index in [1.54, 1.807) is 0 Å². The van der Waals surface area contributed by atoms with E-state index in [-0.39, 0.29) is 24.9 Å². The highest BCUT2D eigenvalue weighted by Gasteiger charge is 2.24. The van der Waals surface area contributed by atoms with E-state index in [0.717, 1.165) is 64.2 Å². The third-order valence-electron chi connectivity index (χ3n) is 9.62. The largest absolute Gasteiger partial charge is 0.462 e. The first-order chi connectivity index (χ1) is 27.0. The Balaban J connectivity index is 4.82. The minimum atomic E-state index is -0.810. The van der Waals surface area contributed by atoms with Gasteiger partial charge in [0, 0.05) is 6.42 Å². The van der Waals surface area contributed by atoms with Crippen LogP contribution < -0.4 is 5.32 Å². The van der Waals surface area contributed by atoms with Crippen LogP contribution in [0.5, 0.6) is 0 Å². The molecule has 0 saturated heterocycles. The highest BCUT2D eigenvalue weighted by Crippen LogP contribution is 2.16. The minimum Gasteiger partial charge on any atom is -0.462 e. The summed E-state index contributed by atoms with van der Waals surface area (Å²) < 4.78 is 5.85. The molecule has 0 radical (unpaired) electrons. The molecule has 3 N–H and O–H groups in total. The molecule has 0 aromatic rings. The maximum absolute atomic E-state index is 13.1. The Hall–Kier alpha value is -2.96. The quantitative estimate of drug-likeness (QED) is 0.0252. The fraction of sp³-hybridized carbons (Fsp3) is 0.673. The smallest absolute Gasteiger partial charge is 0.306 e. The molecule has 0 saturated carbocycles. The van der Waals surface area contributed by atoms with E-state index in [9.17, 15) is 19.8 Å². The van der Waals surface area contributed by atoms with Crippen molar-refractivity contribution in [3.63, 3.8) is 0 Å². The maximum atomic E-state index is 13.1. The third kappa shape index (κ3) is 37.7. The van der Waals surface area contributed by atoms with Gasteiger partial charge in [0.15, 0.2) is 0 Å². The third-order valence-corrected chi connectivity index (χ3v) is 9.62. The van der Waals surface area contributed by atoms with Gasteiger partial charge < -0.3 is 20.3 Å². The summed E-state index contributed by atoms with van der Waals surface area (Å²) in [6.45, 7) is 6.24. The molecule has 0 heterocycles. The topological polar surface area (TPSA) is 95.9 Å². The van der Waals surface area contributed by atoms with Crippen molar-refractivity contribution in [2.45, 2.75) is 206 Å². The predicted molar refractivity (Wildman–Crippen MR) is 236 cm³/mol. The second kappa shape index (κ2) is 42.2. The van der Waals surface area contributed by atoms with E-state index in [1.165, 1.54) is 77.0 Å². The minimum absolute atomic E-state index is 0.0188. The number of ether oxygens (including phenoxy) is 1. The van der Waals surface area contributed by atoms with Gasteiger partial charge in [0.1, 0.15) is 6.10 Å². The Kier molecular flexibility index (Phi) is 39.9. The number of carbonyl (C=O) groups is 2. The summed E-state index contributed by atoms with van der Waals surface area (Å²) in [5.41, 5.74) is 0. The lowest BCUT2D eigenvalue weighted by atomic mass is 10.0. The second-order valence-electron chi connectivity index (χ2n) is 14.9. The first-order valence-corrected chi connectivity index (χ1v) is 22.4. The van der Waals surface area contributed by atoms with Crippen LogP contribution in [0.3, 0.4) is 0 Å². The molecule has 1 amide bonds. The van der Waals surface area contributed by atoms with Gasteiger partial charge in [-0.3, -0.25) is 9.59 Å². The van der Waals surface area contributed by atoms with Crippen molar-refractivity contribution in [2.75, 3.05) is 6.61 Å². The molecule has 0 fully saturated rings. The fourth-order valence-corrected chi connectivity index (χ4v) is 6.22. The van der Waals surface area contributed by atoms with Crippen molar-refractivity contribution in [3.05, 3.63) is 85.1 Å². The Morgan fingerprint density at radius 1 is 0.545 bits per heavy atom. The fourth-order valence-electron chi connectivity index (χ4n) is 6.22. The second-order valence-corrected chi connectivity index (χ2v) is 14.9. The van der Waals surface area contributed by atoms with Gasteiger partial charge in [0.2, 0.25) is 5.91 Å². The predicted octanol–water partition coefficient (Wildman–Crippen LogP) is 12.8. The summed E-state index contributed by atoms with van der Waals surface area (Å²) in [4.78, 5) is 25.9. The average molecular weight is 766 g/mol. The zero-order chi connectivity index (χ0) is 40.3.